The molecule has 1 saturated heterocycles. The Morgan fingerprint density at radius 3 is 2.79 bits per heavy atom. The Hall–Kier alpha value is -0.650. The summed E-state index contributed by atoms with van der Waals surface area (Å²) in [6.07, 6.45) is 4.50. The topological polar surface area (TPSA) is 51.4 Å². The fourth-order valence-corrected chi connectivity index (χ4v) is 3.47. The smallest absolute Gasteiger partial charge is 0.185 e. The number of aryl methyl sites for hydroxylation is 1. The van der Waals surface area contributed by atoms with Crippen molar-refractivity contribution in [3.8, 4) is 0 Å². The van der Waals surface area contributed by atoms with E-state index in [1.807, 2.05) is 0 Å². The lowest BCUT2D eigenvalue weighted by atomic mass is 10.0. The highest BCUT2D eigenvalue weighted by molar-refractivity contribution is 7.15. The Kier molecular flexibility index (Phi) is 5.60. The molecule has 19 heavy (non-hydrogen) atoms. The van der Waals surface area contributed by atoms with Crippen LogP contribution in [0.5, 0.6) is 0 Å². The largest absolute Gasteiger partial charge is 0.381 e. The fourth-order valence-electron chi connectivity index (χ4n) is 2.52. The molecule has 2 N–H and O–H groups in total. The van der Waals surface area contributed by atoms with E-state index in [0.29, 0.717) is 6.54 Å². The van der Waals surface area contributed by atoms with Crippen molar-refractivity contribution in [3.63, 3.8) is 0 Å². The van der Waals surface area contributed by atoms with Crippen LogP contribution in [0.25, 0.3) is 0 Å². The lowest BCUT2D eigenvalue weighted by Gasteiger charge is -2.26. The van der Waals surface area contributed by atoms with Crippen LogP contribution in [-0.2, 0) is 17.7 Å². The van der Waals surface area contributed by atoms with Gasteiger partial charge in [-0.25, -0.2) is 4.98 Å². The van der Waals surface area contributed by atoms with Crippen LogP contribution in [0.3, 0.4) is 0 Å². The van der Waals surface area contributed by atoms with Crippen LogP contribution in [0.4, 0.5) is 5.13 Å². The number of nitrogens with zero attached hydrogens (tertiary/aromatic N) is 2. The van der Waals surface area contributed by atoms with Crippen molar-refractivity contribution in [1.29, 1.82) is 0 Å². The second-order valence-electron chi connectivity index (χ2n) is 5.26. The molecule has 1 aliphatic heterocycles. The zero-order valence-corrected chi connectivity index (χ0v) is 12.8. The van der Waals surface area contributed by atoms with Crippen LogP contribution in [0, 0.1) is 5.92 Å². The summed E-state index contributed by atoms with van der Waals surface area (Å²) in [5.74, 6) is 0.735. The van der Waals surface area contributed by atoms with E-state index in [9.17, 15) is 0 Å². The van der Waals surface area contributed by atoms with E-state index in [1.165, 1.54) is 23.4 Å². The number of ether oxygens (including phenoxy) is 1. The summed E-state index contributed by atoms with van der Waals surface area (Å²) in [7, 11) is 2.14. The minimum atomic E-state index is 0.609. The first kappa shape index (κ1) is 14.8. The molecule has 2 heterocycles. The van der Waals surface area contributed by atoms with Crippen molar-refractivity contribution >= 4 is 16.5 Å². The van der Waals surface area contributed by atoms with Crippen molar-refractivity contribution in [3.05, 3.63) is 10.6 Å². The van der Waals surface area contributed by atoms with E-state index in [0.717, 1.165) is 43.6 Å². The maximum absolute atomic E-state index is 5.81. The molecular formula is C14H25N3OS. The summed E-state index contributed by atoms with van der Waals surface area (Å²) in [4.78, 5) is 8.31. The minimum absolute atomic E-state index is 0.609. The summed E-state index contributed by atoms with van der Waals surface area (Å²) < 4.78 is 5.41. The lowest BCUT2D eigenvalue weighted by Crippen LogP contribution is -2.29. The fraction of sp³-hybridized carbons (Fsp3) is 0.786. The molecule has 1 fully saturated rings. The number of thiazole rings is 1. The van der Waals surface area contributed by atoms with Crippen LogP contribution >= 0.6 is 11.3 Å². The summed E-state index contributed by atoms with van der Waals surface area (Å²) in [5, 5.41) is 1.12. The number of hydrogen-bond acceptors (Lipinski definition) is 5. The summed E-state index contributed by atoms with van der Waals surface area (Å²) >= 11 is 1.75. The lowest BCUT2D eigenvalue weighted by molar-refractivity contribution is 0.0685. The predicted molar refractivity (Wildman–Crippen MR) is 80.8 cm³/mol. The van der Waals surface area contributed by atoms with Gasteiger partial charge in [-0.05, 0) is 25.2 Å². The average molecular weight is 283 g/mol. The molecular weight excluding hydrogens is 258 g/mol. The summed E-state index contributed by atoms with van der Waals surface area (Å²) in [6.45, 7) is 5.69. The molecule has 4 nitrogen and oxygen atoms in total. The molecule has 0 spiro atoms. The maximum atomic E-state index is 5.81. The Balaban J connectivity index is 1.99. The summed E-state index contributed by atoms with van der Waals surface area (Å²) in [5.41, 5.74) is 7.01. The van der Waals surface area contributed by atoms with Crippen molar-refractivity contribution in [2.45, 2.75) is 39.2 Å². The quantitative estimate of drug-likeness (QED) is 0.871. The SMILES string of the molecule is CCCc1nc(N(C)CC2CCOCC2)sc1CN. The zero-order chi connectivity index (χ0) is 13.7. The highest BCUT2D eigenvalue weighted by Crippen LogP contribution is 2.28. The van der Waals surface area contributed by atoms with Gasteiger partial charge in [-0.15, -0.1) is 11.3 Å². The Morgan fingerprint density at radius 2 is 2.16 bits per heavy atom. The Labute approximate surface area is 120 Å². The van der Waals surface area contributed by atoms with Gasteiger partial charge in [-0.1, -0.05) is 13.3 Å². The second-order valence-corrected chi connectivity index (χ2v) is 6.32. The van der Waals surface area contributed by atoms with Crippen LogP contribution in [0.2, 0.25) is 0 Å². The maximum Gasteiger partial charge on any atom is 0.185 e. The van der Waals surface area contributed by atoms with Gasteiger partial charge in [-0.3, -0.25) is 0 Å². The van der Waals surface area contributed by atoms with Gasteiger partial charge in [0.2, 0.25) is 0 Å². The Bertz CT molecular complexity index is 388. The molecule has 0 aromatic carbocycles. The van der Waals surface area contributed by atoms with Crippen molar-refractivity contribution < 1.29 is 4.74 Å². The van der Waals surface area contributed by atoms with E-state index in [-0.39, 0.29) is 0 Å². The number of aromatic nitrogens is 1. The van der Waals surface area contributed by atoms with E-state index in [1.54, 1.807) is 11.3 Å². The highest BCUT2D eigenvalue weighted by atomic mass is 32.1. The molecule has 0 radical (unpaired) electrons. The van der Waals surface area contributed by atoms with Crippen molar-refractivity contribution in [1.82, 2.24) is 4.98 Å². The van der Waals surface area contributed by atoms with Gasteiger partial charge in [0.1, 0.15) is 0 Å². The predicted octanol–water partition coefficient (Wildman–Crippen LogP) is 2.42. The summed E-state index contributed by atoms with van der Waals surface area (Å²) in [6, 6.07) is 0. The van der Waals surface area contributed by atoms with Crippen molar-refractivity contribution in [2.24, 2.45) is 11.7 Å². The third-order valence-electron chi connectivity index (χ3n) is 3.64. The zero-order valence-electron chi connectivity index (χ0n) is 12.0. The van der Waals surface area contributed by atoms with Crippen LogP contribution < -0.4 is 10.6 Å². The van der Waals surface area contributed by atoms with Gasteiger partial charge in [0.15, 0.2) is 5.13 Å². The van der Waals surface area contributed by atoms with Gasteiger partial charge in [0.05, 0.1) is 5.69 Å². The van der Waals surface area contributed by atoms with E-state index in [4.69, 9.17) is 15.5 Å². The molecule has 0 bridgehead atoms. The monoisotopic (exact) mass is 283 g/mol. The van der Waals surface area contributed by atoms with E-state index in [2.05, 4.69) is 18.9 Å². The molecule has 0 saturated carbocycles. The molecule has 1 aliphatic rings. The molecule has 0 aliphatic carbocycles. The number of anilines is 1. The minimum Gasteiger partial charge on any atom is -0.381 e. The second kappa shape index (κ2) is 7.22. The molecule has 0 atom stereocenters. The van der Waals surface area contributed by atoms with Gasteiger partial charge in [0.25, 0.3) is 0 Å². The number of hydrogen-bond donors (Lipinski definition) is 1. The molecule has 108 valence electrons. The first-order valence-corrected chi connectivity index (χ1v) is 8.03. The van der Waals surface area contributed by atoms with Crippen LogP contribution in [0.1, 0.15) is 36.8 Å². The first-order valence-electron chi connectivity index (χ1n) is 7.22. The molecule has 0 unspecified atom stereocenters. The third kappa shape index (κ3) is 3.91. The standard InChI is InChI=1S/C14H25N3OS/c1-3-4-12-13(9-15)19-14(16-12)17(2)10-11-5-7-18-8-6-11/h11H,3-10,15H2,1-2H3. The van der Waals surface area contributed by atoms with Gasteiger partial charge in [0, 0.05) is 38.2 Å². The van der Waals surface area contributed by atoms with Gasteiger partial charge >= 0.3 is 0 Å². The van der Waals surface area contributed by atoms with E-state index < -0.39 is 0 Å². The van der Waals surface area contributed by atoms with Gasteiger partial charge in [-0.2, -0.15) is 0 Å². The molecule has 1 aromatic heterocycles. The average Bonchev–Trinajstić information content (AvgIpc) is 2.83. The van der Waals surface area contributed by atoms with Crippen molar-refractivity contribution in [2.75, 3.05) is 31.7 Å². The number of nitrogens with two attached hydrogens (primary N) is 1. The molecule has 1 aromatic rings. The van der Waals surface area contributed by atoms with Crippen LogP contribution in [-0.4, -0.2) is 31.8 Å². The van der Waals surface area contributed by atoms with Gasteiger partial charge < -0.3 is 15.4 Å². The molecule has 2 rings (SSSR count). The first-order chi connectivity index (χ1) is 9.24. The van der Waals surface area contributed by atoms with Crippen LogP contribution in [0.15, 0.2) is 0 Å². The Morgan fingerprint density at radius 1 is 1.42 bits per heavy atom. The highest BCUT2D eigenvalue weighted by Gasteiger charge is 2.18. The molecule has 0 amide bonds. The number of rotatable bonds is 6. The third-order valence-corrected chi connectivity index (χ3v) is 4.87. The molecule has 5 heteroatoms. The normalized spacial score (nSPS) is 16.8. The van der Waals surface area contributed by atoms with E-state index >= 15 is 0 Å².